The normalized spacial score (nSPS) is 18.2. The molecular formula is C13H28FN. The van der Waals surface area contributed by atoms with Gasteiger partial charge in [0.1, 0.15) is 6.17 Å². The Balaban J connectivity index is 3.95. The van der Waals surface area contributed by atoms with E-state index in [1.807, 2.05) is 0 Å². The van der Waals surface area contributed by atoms with E-state index in [2.05, 4.69) is 34.6 Å². The molecule has 0 aromatic heterocycles. The van der Waals surface area contributed by atoms with Crippen molar-refractivity contribution in [1.82, 2.24) is 0 Å². The number of hydrogen-bond acceptors (Lipinski definition) is 1. The third kappa shape index (κ3) is 6.14. The molecule has 92 valence electrons. The molecule has 0 bridgehead atoms. The van der Waals surface area contributed by atoms with Crippen molar-refractivity contribution in [3.63, 3.8) is 0 Å². The summed E-state index contributed by atoms with van der Waals surface area (Å²) in [5, 5.41) is 0. The van der Waals surface area contributed by atoms with Gasteiger partial charge in [-0.15, -0.1) is 0 Å². The maximum Gasteiger partial charge on any atom is 0.101 e. The summed E-state index contributed by atoms with van der Waals surface area (Å²) in [7, 11) is 0. The highest BCUT2D eigenvalue weighted by Gasteiger charge is 2.20. The Kier molecular flexibility index (Phi) is 7.16. The summed E-state index contributed by atoms with van der Waals surface area (Å²) in [6, 6.07) is 0. The van der Waals surface area contributed by atoms with Crippen molar-refractivity contribution in [1.29, 1.82) is 0 Å². The summed E-state index contributed by atoms with van der Waals surface area (Å²) < 4.78 is 13.8. The highest BCUT2D eigenvalue weighted by molar-refractivity contribution is 4.72. The first-order valence-corrected chi connectivity index (χ1v) is 6.22. The Labute approximate surface area is 94.6 Å². The van der Waals surface area contributed by atoms with Crippen LogP contribution in [0.5, 0.6) is 0 Å². The minimum Gasteiger partial charge on any atom is -0.330 e. The van der Waals surface area contributed by atoms with Gasteiger partial charge in [-0.1, -0.05) is 34.6 Å². The van der Waals surface area contributed by atoms with Gasteiger partial charge in [-0.3, -0.25) is 0 Å². The van der Waals surface area contributed by atoms with Gasteiger partial charge < -0.3 is 5.73 Å². The van der Waals surface area contributed by atoms with Crippen LogP contribution >= 0.6 is 0 Å². The summed E-state index contributed by atoms with van der Waals surface area (Å²) in [5.41, 5.74) is 5.65. The van der Waals surface area contributed by atoms with Crippen molar-refractivity contribution in [2.45, 2.75) is 53.6 Å². The molecule has 15 heavy (non-hydrogen) atoms. The SMILES string of the molecule is CC(C)C(C)CC(F)CC(CN)C(C)C. The standard InChI is InChI=1S/C13H28FN/c1-9(2)11(5)6-13(14)7-12(8-15)10(3)4/h9-13H,6-8,15H2,1-5H3. The van der Waals surface area contributed by atoms with Crippen LogP contribution in [0, 0.1) is 23.7 Å². The summed E-state index contributed by atoms with van der Waals surface area (Å²) >= 11 is 0. The summed E-state index contributed by atoms with van der Waals surface area (Å²) in [4.78, 5) is 0. The van der Waals surface area contributed by atoms with Crippen LogP contribution in [0.1, 0.15) is 47.5 Å². The van der Waals surface area contributed by atoms with Crippen LogP contribution in [0.3, 0.4) is 0 Å². The minimum absolute atomic E-state index is 0.333. The first-order valence-electron chi connectivity index (χ1n) is 6.22. The summed E-state index contributed by atoms with van der Waals surface area (Å²) in [6.07, 6.45) is 0.630. The summed E-state index contributed by atoms with van der Waals surface area (Å²) in [6.45, 7) is 11.3. The van der Waals surface area contributed by atoms with E-state index >= 15 is 0 Å². The molecule has 0 saturated heterocycles. The molecule has 0 heterocycles. The molecule has 0 fully saturated rings. The maximum absolute atomic E-state index is 13.8. The number of hydrogen-bond donors (Lipinski definition) is 1. The van der Waals surface area contributed by atoms with Crippen molar-refractivity contribution < 1.29 is 4.39 Å². The Bertz CT molecular complexity index is 157. The molecule has 0 spiro atoms. The molecule has 0 radical (unpaired) electrons. The van der Waals surface area contributed by atoms with Gasteiger partial charge in [-0.2, -0.15) is 0 Å². The van der Waals surface area contributed by atoms with Gasteiger partial charge in [0.2, 0.25) is 0 Å². The average Bonchev–Trinajstić information content (AvgIpc) is 2.13. The fourth-order valence-electron chi connectivity index (χ4n) is 1.74. The van der Waals surface area contributed by atoms with Gasteiger partial charge in [-0.05, 0) is 43.1 Å². The maximum atomic E-state index is 13.8. The zero-order valence-corrected chi connectivity index (χ0v) is 11.0. The second-order valence-electron chi connectivity index (χ2n) is 5.53. The van der Waals surface area contributed by atoms with Crippen LogP contribution in [-0.4, -0.2) is 12.7 Å². The average molecular weight is 217 g/mol. The molecule has 0 aromatic rings. The molecule has 1 nitrogen and oxygen atoms in total. The smallest absolute Gasteiger partial charge is 0.101 e. The molecule has 2 heteroatoms. The van der Waals surface area contributed by atoms with Crippen molar-refractivity contribution in [2.75, 3.05) is 6.54 Å². The predicted octanol–water partition coefficient (Wildman–Crippen LogP) is 3.63. The lowest BCUT2D eigenvalue weighted by Gasteiger charge is -2.23. The minimum atomic E-state index is -0.682. The van der Waals surface area contributed by atoms with Crippen molar-refractivity contribution in [3.8, 4) is 0 Å². The van der Waals surface area contributed by atoms with Crippen molar-refractivity contribution in [3.05, 3.63) is 0 Å². The monoisotopic (exact) mass is 217 g/mol. The van der Waals surface area contributed by atoms with E-state index in [-0.39, 0.29) is 0 Å². The molecule has 3 atom stereocenters. The fraction of sp³-hybridized carbons (Fsp3) is 1.00. The van der Waals surface area contributed by atoms with E-state index in [1.54, 1.807) is 0 Å². The molecule has 0 saturated carbocycles. The Morgan fingerprint density at radius 2 is 1.47 bits per heavy atom. The number of rotatable bonds is 7. The van der Waals surface area contributed by atoms with Crippen LogP contribution in [0.4, 0.5) is 4.39 Å². The van der Waals surface area contributed by atoms with Gasteiger partial charge in [-0.25, -0.2) is 4.39 Å². The van der Waals surface area contributed by atoms with E-state index in [4.69, 9.17) is 5.73 Å². The number of halogens is 1. The number of alkyl halides is 1. The van der Waals surface area contributed by atoms with E-state index in [0.717, 1.165) is 0 Å². The molecule has 0 amide bonds. The Morgan fingerprint density at radius 3 is 1.80 bits per heavy atom. The van der Waals surface area contributed by atoms with Gasteiger partial charge >= 0.3 is 0 Å². The molecule has 3 unspecified atom stereocenters. The van der Waals surface area contributed by atoms with Gasteiger partial charge in [0.25, 0.3) is 0 Å². The van der Waals surface area contributed by atoms with E-state index in [0.29, 0.717) is 43.1 Å². The van der Waals surface area contributed by atoms with Gasteiger partial charge in [0, 0.05) is 0 Å². The fourth-order valence-corrected chi connectivity index (χ4v) is 1.74. The van der Waals surface area contributed by atoms with Gasteiger partial charge in [0.05, 0.1) is 0 Å². The second kappa shape index (κ2) is 7.21. The lowest BCUT2D eigenvalue weighted by Crippen LogP contribution is -2.24. The van der Waals surface area contributed by atoms with E-state index < -0.39 is 6.17 Å². The zero-order chi connectivity index (χ0) is 12.0. The number of nitrogens with two attached hydrogens (primary N) is 1. The quantitative estimate of drug-likeness (QED) is 0.692. The van der Waals surface area contributed by atoms with E-state index in [1.165, 1.54) is 0 Å². The van der Waals surface area contributed by atoms with E-state index in [9.17, 15) is 4.39 Å². The zero-order valence-electron chi connectivity index (χ0n) is 11.0. The van der Waals surface area contributed by atoms with Crippen molar-refractivity contribution in [2.24, 2.45) is 29.4 Å². The van der Waals surface area contributed by atoms with Crippen LogP contribution in [0.25, 0.3) is 0 Å². The molecule has 0 aliphatic rings. The van der Waals surface area contributed by atoms with Crippen molar-refractivity contribution >= 4 is 0 Å². The molecule has 0 aliphatic heterocycles. The van der Waals surface area contributed by atoms with Gasteiger partial charge in [0.15, 0.2) is 0 Å². The summed E-state index contributed by atoms with van der Waals surface area (Å²) in [5.74, 6) is 1.85. The van der Waals surface area contributed by atoms with Crippen LogP contribution in [0.2, 0.25) is 0 Å². The first kappa shape index (κ1) is 14.9. The highest BCUT2D eigenvalue weighted by atomic mass is 19.1. The third-order valence-electron chi connectivity index (χ3n) is 3.57. The molecule has 0 aliphatic carbocycles. The predicted molar refractivity (Wildman–Crippen MR) is 65.5 cm³/mol. The lowest BCUT2D eigenvalue weighted by atomic mass is 9.86. The molecular weight excluding hydrogens is 189 g/mol. The molecule has 0 aromatic carbocycles. The van der Waals surface area contributed by atoms with Crippen LogP contribution < -0.4 is 5.73 Å². The third-order valence-corrected chi connectivity index (χ3v) is 3.57. The van der Waals surface area contributed by atoms with Crippen LogP contribution in [0.15, 0.2) is 0 Å². The molecule has 0 rings (SSSR count). The van der Waals surface area contributed by atoms with Crippen LogP contribution in [-0.2, 0) is 0 Å². The highest BCUT2D eigenvalue weighted by Crippen LogP contribution is 2.24. The second-order valence-corrected chi connectivity index (χ2v) is 5.53. The Hall–Kier alpha value is -0.110. The lowest BCUT2D eigenvalue weighted by molar-refractivity contribution is 0.189. The first-order chi connectivity index (χ1) is 6.88. The Morgan fingerprint density at radius 1 is 0.933 bits per heavy atom. The molecule has 2 N–H and O–H groups in total. The topological polar surface area (TPSA) is 26.0 Å². The largest absolute Gasteiger partial charge is 0.330 e.